The molecule has 0 saturated carbocycles. The zero-order valence-corrected chi connectivity index (χ0v) is 12.4. The van der Waals surface area contributed by atoms with Crippen molar-refractivity contribution in [3.05, 3.63) is 28.2 Å². The van der Waals surface area contributed by atoms with Crippen LogP contribution < -0.4 is 10.1 Å². The normalized spacial score (nSPS) is 13.4. The van der Waals surface area contributed by atoms with Crippen LogP contribution in [0.1, 0.15) is 31.9 Å². The molecule has 1 aromatic rings. The minimum absolute atomic E-state index is 0.131. The molecule has 0 bridgehead atoms. The predicted octanol–water partition coefficient (Wildman–Crippen LogP) is 4.45. The van der Waals surface area contributed by atoms with Gasteiger partial charge in [0.1, 0.15) is 5.75 Å². The molecule has 0 fully saturated rings. The van der Waals surface area contributed by atoms with E-state index in [9.17, 15) is 13.2 Å². The molecular formula is C13H17BrF3NO. The third-order valence-corrected chi connectivity index (χ3v) is 3.23. The van der Waals surface area contributed by atoms with Gasteiger partial charge in [-0.3, -0.25) is 0 Å². The second-order valence-electron chi connectivity index (χ2n) is 4.26. The number of ether oxygens (including phenoxy) is 1. The lowest BCUT2D eigenvalue weighted by Crippen LogP contribution is -2.20. The molecule has 1 unspecified atom stereocenters. The highest BCUT2D eigenvalue weighted by molar-refractivity contribution is 9.10. The molecule has 0 heterocycles. The molecule has 2 nitrogen and oxygen atoms in total. The molecule has 1 atom stereocenters. The lowest BCUT2D eigenvalue weighted by atomic mass is 10.1. The number of hydrogen-bond donors (Lipinski definition) is 1. The summed E-state index contributed by atoms with van der Waals surface area (Å²) in [6.07, 6.45) is -3.30. The Kier molecular flexibility index (Phi) is 6.13. The molecule has 0 aromatic heterocycles. The summed E-state index contributed by atoms with van der Waals surface area (Å²) in [6.45, 7) is 3.69. The molecule has 0 radical (unpaired) electrons. The zero-order valence-electron chi connectivity index (χ0n) is 10.9. The van der Waals surface area contributed by atoms with Gasteiger partial charge in [0.2, 0.25) is 0 Å². The molecule has 108 valence electrons. The Labute approximate surface area is 119 Å². The first-order chi connectivity index (χ1) is 8.83. The van der Waals surface area contributed by atoms with Crippen LogP contribution in [-0.4, -0.2) is 19.3 Å². The fourth-order valence-corrected chi connectivity index (χ4v) is 2.29. The molecule has 19 heavy (non-hydrogen) atoms. The van der Waals surface area contributed by atoms with Gasteiger partial charge in [-0.15, -0.1) is 0 Å². The SMILES string of the molecule is CCCNC(C)c1ccc(OCC(F)(F)F)cc1Br. The average Bonchev–Trinajstić information content (AvgIpc) is 2.32. The van der Waals surface area contributed by atoms with Crippen molar-refractivity contribution in [2.24, 2.45) is 0 Å². The maximum atomic E-state index is 12.0. The summed E-state index contributed by atoms with van der Waals surface area (Å²) in [5, 5.41) is 3.31. The second kappa shape index (κ2) is 7.14. The standard InChI is InChI=1S/C13H17BrF3NO/c1-3-6-18-9(2)11-5-4-10(7-12(11)14)19-8-13(15,16)17/h4-5,7,9,18H,3,6,8H2,1-2H3. The highest BCUT2D eigenvalue weighted by Crippen LogP contribution is 2.28. The van der Waals surface area contributed by atoms with Gasteiger partial charge in [0, 0.05) is 10.5 Å². The van der Waals surface area contributed by atoms with Gasteiger partial charge in [0.15, 0.2) is 6.61 Å². The van der Waals surface area contributed by atoms with E-state index in [2.05, 4.69) is 28.2 Å². The summed E-state index contributed by atoms with van der Waals surface area (Å²) in [6, 6.07) is 5.01. The summed E-state index contributed by atoms with van der Waals surface area (Å²) >= 11 is 3.36. The van der Waals surface area contributed by atoms with Crippen LogP contribution in [0.2, 0.25) is 0 Å². The summed E-state index contributed by atoms with van der Waals surface area (Å²) in [5.41, 5.74) is 0.993. The van der Waals surface area contributed by atoms with Crippen LogP contribution in [0.3, 0.4) is 0 Å². The Hall–Kier alpha value is -0.750. The topological polar surface area (TPSA) is 21.3 Å². The largest absolute Gasteiger partial charge is 0.484 e. The van der Waals surface area contributed by atoms with Gasteiger partial charge in [0.25, 0.3) is 0 Å². The van der Waals surface area contributed by atoms with Crippen LogP contribution in [0.4, 0.5) is 13.2 Å². The van der Waals surface area contributed by atoms with Crippen LogP contribution in [0.25, 0.3) is 0 Å². The van der Waals surface area contributed by atoms with Gasteiger partial charge in [-0.2, -0.15) is 13.2 Å². The number of alkyl halides is 3. The van der Waals surface area contributed by atoms with Crippen molar-refractivity contribution in [3.63, 3.8) is 0 Å². The quantitative estimate of drug-likeness (QED) is 0.826. The van der Waals surface area contributed by atoms with Crippen molar-refractivity contribution < 1.29 is 17.9 Å². The smallest absolute Gasteiger partial charge is 0.422 e. The van der Waals surface area contributed by atoms with Crippen LogP contribution >= 0.6 is 15.9 Å². The monoisotopic (exact) mass is 339 g/mol. The Bertz CT molecular complexity index is 409. The Morgan fingerprint density at radius 2 is 2.05 bits per heavy atom. The molecule has 0 spiro atoms. The van der Waals surface area contributed by atoms with Gasteiger partial charge in [-0.1, -0.05) is 28.9 Å². The van der Waals surface area contributed by atoms with Crippen LogP contribution in [0.5, 0.6) is 5.75 Å². The number of rotatable bonds is 6. The van der Waals surface area contributed by atoms with E-state index in [0.29, 0.717) is 0 Å². The van der Waals surface area contributed by atoms with E-state index in [0.717, 1.165) is 23.0 Å². The van der Waals surface area contributed by atoms with E-state index >= 15 is 0 Å². The van der Waals surface area contributed by atoms with Gasteiger partial charge in [-0.25, -0.2) is 0 Å². The van der Waals surface area contributed by atoms with Crippen molar-refractivity contribution >= 4 is 15.9 Å². The molecule has 1 rings (SSSR count). The number of halogens is 4. The number of nitrogens with one attached hydrogen (secondary N) is 1. The molecule has 0 aliphatic carbocycles. The van der Waals surface area contributed by atoms with Crippen LogP contribution in [-0.2, 0) is 0 Å². The molecule has 0 amide bonds. The lowest BCUT2D eigenvalue weighted by Gasteiger charge is -2.16. The fourth-order valence-electron chi connectivity index (χ4n) is 1.58. The third-order valence-electron chi connectivity index (χ3n) is 2.54. The highest BCUT2D eigenvalue weighted by atomic mass is 79.9. The first-order valence-corrected chi connectivity index (χ1v) is 6.85. The molecule has 6 heteroatoms. The lowest BCUT2D eigenvalue weighted by molar-refractivity contribution is -0.153. The maximum absolute atomic E-state index is 12.0. The van der Waals surface area contributed by atoms with Crippen LogP contribution in [0.15, 0.2) is 22.7 Å². The molecule has 0 aliphatic heterocycles. The van der Waals surface area contributed by atoms with E-state index in [-0.39, 0.29) is 11.8 Å². The van der Waals surface area contributed by atoms with Crippen molar-refractivity contribution in [3.8, 4) is 5.75 Å². The summed E-state index contributed by atoms with van der Waals surface area (Å²) in [7, 11) is 0. The molecule has 1 aromatic carbocycles. The van der Waals surface area contributed by atoms with Gasteiger partial charge in [0.05, 0.1) is 0 Å². The Morgan fingerprint density at radius 1 is 1.37 bits per heavy atom. The number of hydrogen-bond acceptors (Lipinski definition) is 2. The van der Waals surface area contributed by atoms with E-state index in [1.54, 1.807) is 18.2 Å². The molecular weight excluding hydrogens is 323 g/mol. The summed E-state index contributed by atoms with van der Waals surface area (Å²) in [4.78, 5) is 0. The van der Waals surface area contributed by atoms with Gasteiger partial charge >= 0.3 is 6.18 Å². The maximum Gasteiger partial charge on any atom is 0.422 e. The minimum Gasteiger partial charge on any atom is -0.484 e. The predicted molar refractivity (Wildman–Crippen MR) is 72.4 cm³/mol. The number of benzene rings is 1. The molecule has 0 saturated heterocycles. The summed E-state index contributed by atoms with van der Waals surface area (Å²) in [5.74, 6) is 0.204. The Balaban J connectivity index is 2.69. The Morgan fingerprint density at radius 3 is 2.58 bits per heavy atom. The first kappa shape index (κ1) is 16.3. The van der Waals surface area contributed by atoms with E-state index in [4.69, 9.17) is 4.74 Å². The van der Waals surface area contributed by atoms with E-state index in [1.165, 1.54) is 0 Å². The van der Waals surface area contributed by atoms with Gasteiger partial charge in [-0.05, 0) is 37.6 Å². The van der Waals surface area contributed by atoms with Crippen molar-refractivity contribution in [1.29, 1.82) is 0 Å². The minimum atomic E-state index is -4.32. The first-order valence-electron chi connectivity index (χ1n) is 6.06. The van der Waals surface area contributed by atoms with E-state index in [1.807, 2.05) is 6.92 Å². The second-order valence-corrected chi connectivity index (χ2v) is 5.12. The fraction of sp³-hybridized carbons (Fsp3) is 0.538. The highest BCUT2D eigenvalue weighted by Gasteiger charge is 2.28. The van der Waals surface area contributed by atoms with Gasteiger partial charge < -0.3 is 10.1 Å². The summed E-state index contributed by atoms with van der Waals surface area (Å²) < 4.78 is 41.6. The van der Waals surface area contributed by atoms with Crippen molar-refractivity contribution in [2.45, 2.75) is 32.5 Å². The van der Waals surface area contributed by atoms with Crippen LogP contribution in [0, 0.1) is 0 Å². The zero-order chi connectivity index (χ0) is 14.5. The van der Waals surface area contributed by atoms with Crippen molar-refractivity contribution in [2.75, 3.05) is 13.2 Å². The van der Waals surface area contributed by atoms with Crippen molar-refractivity contribution in [1.82, 2.24) is 5.32 Å². The molecule has 1 N–H and O–H groups in total. The molecule has 0 aliphatic rings. The average molecular weight is 340 g/mol. The third kappa shape index (κ3) is 5.82. The van der Waals surface area contributed by atoms with E-state index < -0.39 is 12.8 Å².